The monoisotopic (exact) mass is 375 g/mol. The fourth-order valence-corrected chi connectivity index (χ4v) is 3.76. The number of thioether (sulfide) groups is 2. The van der Waals surface area contributed by atoms with Crippen LogP contribution in [0.25, 0.3) is 0 Å². The molecule has 0 bridgehead atoms. The lowest BCUT2D eigenvalue weighted by atomic mass is 10.2. The molecule has 23 heavy (non-hydrogen) atoms. The van der Waals surface area contributed by atoms with Crippen LogP contribution in [0.3, 0.4) is 0 Å². The van der Waals surface area contributed by atoms with Gasteiger partial charge >= 0.3 is 0 Å². The maximum Gasteiger partial charge on any atom is 0.254 e. The number of hydrogen-bond acceptors (Lipinski definition) is 6. The second-order valence-corrected chi connectivity index (χ2v) is 8.03. The summed E-state index contributed by atoms with van der Waals surface area (Å²) in [6.07, 6.45) is 4.72. The minimum Gasteiger partial charge on any atom is -0.298 e. The molecule has 1 heterocycles. The first kappa shape index (κ1) is 20.3. The molecular formula is C15H22ClN3O2S2. The van der Waals surface area contributed by atoms with Crippen molar-refractivity contribution in [2.45, 2.75) is 20.4 Å². The Morgan fingerprint density at radius 1 is 1.52 bits per heavy atom. The smallest absolute Gasteiger partial charge is 0.254 e. The van der Waals surface area contributed by atoms with Crippen LogP contribution in [0.5, 0.6) is 0 Å². The molecule has 0 radical (unpaired) electrons. The molecule has 0 unspecified atom stereocenters. The van der Waals surface area contributed by atoms with Gasteiger partial charge in [0.05, 0.1) is 4.92 Å². The fourth-order valence-electron chi connectivity index (χ4n) is 2.02. The van der Waals surface area contributed by atoms with E-state index in [0.717, 1.165) is 41.4 Å². The van der Waals surface area contributed by atoms with Crippen LogP contribution in [-0.4, -0.2) is 39.9 Å². The summed E-state index contributed by atoms with van der Waals surface area (Å²) in [7, 11) is 0. The number of aromatic nitrogens is 1. The zero-order valence-corrected chi connectivity index (χ0v) is 16.0. The number of hydrogen-bond donors (Lipinski definition) is 0. The predicted octanol–water partition coefficient (Wildman–Crippen LogP) is 4.36. The van der Waals surface area contributed by atoms with Crippen molar-refractivity contribution < 1.29 is 4.92 Å². The van der Waals surface area contributed by atoms with Crippen molar-refractivity contribution in [3.63, 3.8) is 0 Å². The van der Waals surface area contributed by atoms with Crippen LogP contribution in [0, 0.1) is 16.0 Å². The van der Waals surface area contributed by atoms with Gasteiger partial charge in [-0.2, -0.15) is 0 Å². The summed E-state index contributed by atoms with van der Waals surface area (Å²) >= 11 is 8.75. The third kappa shape index (κ3) is 9.20. The van der Waals surface area contributed by atoms with E-state index in [0.29, 0.717) is 11.1 Å². The van der Waals surface area contributed by atoms with Crippen molar-refractivity contribution in [1.82, 2.24) is 9.88 Å². The molecule has 1 rings (SSSR count). The van der Waals surface area contributed by atoms with Gasteiger partial charge in [0.1, 0.15) is 9.39 Å². The van der Waals surface area contributed by atoms with E-state index in [1.807, 2.05) is 12.3 Å². The molecule has 0 atom stereocenters. The molecule has 0 aliphatic heterocycles. The Labute approximate surface area is 151 Å². The van der Waals surface area contributed by atoms with Crippen LogP contribution >= 0.6 is 35.1 Å². The highest BCUT2D eigenvalue weighted by molar-refractivity contribution is 8.21. The van der Waals surface area contributed by atoms with Gasteiger partial charge in [-0.05, 0) is 23.8 Å². The third-order valence-electron chi connectivity index (χ3n) is 2.88. The summed E-state index contributed by atoms with van der Waals surface area (Å²) < 4.78 is 0.729. The SMILES string of the molecule is CS/C(=C/[N+](=O)[O-])SCCN(Cc1ccc(Cl)nc1)CC(C)C. The Balaban J connectivity index is 2.57. The van der Waals surface area contributed by atoms with Crippen LogP contribution in [-0.2, 0) is 6.54 Å². The molecule has 0 fully saturated rings. The highest BCUT2D eigenvalue weighted by Gasteiger charge is 2.10. The summed E-state index contributed by atoms with van der Waals surface area (Å²) in [5, 5.41) is 11.0. The highest BCUT2D eigenvalue weighted by atomic mass is 35.5. The molecule has 0 saturated carbocycles. The van der Waals surface area contributed by atoms with Crippen molar-refractivity contribution in [2.75, 3.05) is 25.1 Å². The minimum atomic E-state index is -0.399. The molecule has 1 aromatic rings. The molecule has 8 heteroatoms. The molecule has 0 saturated heterocycles. The summed E-state index contributed by atoms with van der Waals surface area (Å²) in [6.45, 7) is 6.99. The van der Waals surface area contributed by atoms with Crippen LogP contribution in [0.15, 0.2) is 28.8 Å². The van der Waals surface area contributed by atoms with E-state index in [-0.39, 0.29) is 0 Å². The van der Waals surface area contributed by atoms with E-state index in [1.54, 1.807) is 12.3 Å². The molecule has 0 aromatic carbocycles. The van der Waals surface area contributed by atoms with Gasteiger partial charge in [-0.3, -0.25) is 15.0 Å². The molecule has 0 amide bonds. The van der Waals surface area contributed by atoms with Gasteiger partial charge in [-0.25, -0.2) is 4.98 Å². The topological polar surface area (TPSA) is 59.3 Å². The Morgan fingerprint density at radius 3 is 2.78 bits per heavy atom. The normalized spacial score (nSPS) is 12.2. The Hall–Kier alpha value is -0.760. The maximum atomic E-state index is 10.6. The summed E-state index contributed by atoms with van der Waals surface area (Å²) in [4.78, 5) is 16.6. The van der Waals surface area contributed by atoms with Crippen LogP contribution < -0.4 is 0 Å². The number of rotatable bonds is 10. The zero-order chi connectivity index (χ0) is 17.2. The average molecular weight is 376 g/mol. The largest absolute Gasteiger partial charge is 0.298 e. The number of nitro groups is 1. The first-order valence-corrected chi connectivity index (χ1v) is 9.84. The number of halogens is 1. The zero-order valence-electron chi connectivity index (χ0n) is 13.6. The lowest BCUT2D eigenvalue weighted by Gasteiger charge is -2.24. The molecule has 0 spiro atoms. The van der Waals surface area contributed by atoms with Crippen LogP contribution in [0.4, 0.5) is 0 Å². The second kappa shape index (κ2) is 10.9. The molecule has 5 nitrogen and oxygen atoms in total. The van der Waals surface area contributed by atoms with Crippen LogP contribution in [0.2, 0.25) is 5.15 Å². The van der Waals surface area contributed by atoms with E-state index < -0.39 is 4.92 Å². The van der Waals surface area contributed by atoms with Crippen LogP contribution in [0.1, 0.15) is 19.4 Å². The van der Waals surface area contributed by atoms with Gasteiger partial charge in [0.25, 0.3) is 6.20 Å². The number of pyridine rings is 1. The minimum absolute atomic E-state index is 0.399. The maximum absolute atomic E-state index is 10.6. The van der Waals surface area contributed by atoms with Crippen molar-refractivity contribution in [1.29, 1.82) is 0 Å². The van der Waals surface area contributed by atoms with E-state index in [4.69, 9.17) is 11.6 Å². The quantitative estimate of drug-likeness (QED) is 0.344. The van der Waals surface area contributed by atoms with E-state index in [2.05, 4.69) is 23.7 Å². The highest BCUT2D eigenvalue weighted by Crippen LogP contribution is 2.26. The van der Waals surface area contributed by atoms with Crippen molar-refractivity contribution in [3.05, 3.63) is 49.6 Å². The second-order valence-electron chi connectivity index (χ2n) is 5.40. The van der Waals surface area contributed by atoms with E-state index in [9.17, 15) is 10.1 Å². The van der Waals surface area contributed by atoms with Gasteiger partial charge < -0.3 is 0 Å². The van der Waals surface area contributed by atoms with Gasteiger partial charge in [-0.1, -0.05) is 31.5 Å². The molecule has 0 aliphatic rings. The summed E-state index contributed by atoms with van der Waals surface area (Å²) in [5.41, 5.74) is 1.12. The first-order chi connectivity index (χ1) is 10.9. The van der Waals surface area contributed by atoms with Gasteiger partial charge in [0.15, 0.2) is 0 Å². The number of nitrogens with zero attached hydrogens (tertiary/aromatic N) is 3. The Bertz CT molecular complexity index is 524. The van der Waals surface area contributed by atoms with Crippen molar-refractivity contribution in [2.24, 2.45) is 5.92 Å². The van der Waals surface area contributed by atoms with E-state index >= 15 is 0 Å². The lowest BCUT2D eigenvalue weighted by molar-refractivity contribution is -0.402. The first-order valence-electron chi connectivity index (χ1n) is 7.25. The Kier molecular flexibility index (Phi) is 9.62. The molecule has 0 aliphatic carbocycles. The van der Waals surface area contributed by atoms with Gasteiger partial charge in [-0.15, -0.1) is 23.5 Å². The van der Waals surface area contributed by atoms with Gasteiger partial charge in [0, 0.05) is 31.6 Å². The van der Waals surface area contributed by atoms with Gasteiger partial charge in [0.2, 0.25) is 0 Å². The molecule has 0 N–H and O–H groups in total. The standard InChI is InChI=1S/C15H22ClN3O2S2/c1-12(2)9-18(10-13-4-5-14(16)17-8-13)6-7-23-15(22-3)11-19(20)21/h4-5,8,11-12H,6-7,9-10H2,1-3H3/b15-11-. The fraction of sp³-hybridized carbons (Fsp3) is 0.533. The summed E-state index contributed by atoms with van der Waals surface area (Å²) in [6, 6.07) is 3.78. The Morgan fingerprint density at radius 2 is 2.26 bits per heavy atom. The molecular weight excluding hydrogens is 354 g/mol. The molecule has 1 aromatic heterocycles. The summed E-state index contributed by atoms with van der Waals surface area (Å²) in [5.74, 6) is 1.36. The molecule has 128 valence electrons. The van der Waals surface area contributed by atoms with Crippen molar-refractivity contribution >= 4 is 35.1 Å². The lowest BCUT2D eigenvalue weighted by Crippen LogP contribution is -2.29. The van der Waals surface area contributed by atoms with Crippen molar-refractivity contribution in [3.8, 4) is 0 Å². The third-order valence-corrected chi connectivity index (χ3v) is 5.24. The predicted molar refractivity (Wildman–Crippen MR) is 100 cm³/mol. The van der Waals surface area contributed by atoms with E-state index in [1.165, 1.54) is 23.5 Å². The average Bonchev–Trinajstić information content (AvgIpc) is 2.47.